The third kappa shape index (κ3) is 2.88. The highest BCUT2D eigenvalue weighted by Crippen LogP contribution is 2.13. The van der Waals surface area contributed by atoms with Gasteiger partial charge in [0.15, 0.2) is 0 Å². The van der Waals surface area contributed by atoms with Gasteiger partial charge in [-0.1, -0.05) is 0 Å². The Balaban J connectivity index is 2.27. The van der Waals surface area contributed by atoms with E-state index in [-0.39, 0.29) is 18.8 Å². The fraction of sp³-hybridized carbons (Fsp3) is 0.750. The summed E-state index contributed by atoms with van der Waals surface area (Å²) in [6.45, 7) is 0.954. The molecule has 14 heavy (non-hydrogen) atoms. The minimum Gasteiger partial charge on any atom is -0.453 e. The molecule has 1 aliphatic rings. The predicted octanol–water partition coefficient (Wildman–Crippen LogP) is -0.671. The second kappa shape index (κ2) is 4.80. The van der Waals surface area contributed by atoms with Crippen molar-refractivity contribution in [2.45, 2.75) is 12.5 Å². The van der Waals surface area contributed by atoms with Gasteiger partial charge in [0.05, 0.1) is 19.8 Å². The van der Waals surface area contributed by atoms with E-state index in [0.717, 1.165) is 0 Å². The van der Waals surface area contributed by atoms with E-state index in [2.05, 4.69) is 4.74 Å². The molecule has 1 rings (SSSR count). The van der Waals surface area contributed by atoms with Gasteiger partial charge in [0, 0.05) is 6.54 Å². The average Bonchev–Trinajstić information content (AvgIpc) is 2.62. The van der Waals surface area contributed by atoms with E-state index in [9.17, 15) is 9.59 Å². The van der Waals surface area contributed by atoms with Crippen LogP contribution in [0.3, 0.4) is 0 Å². The largest absolute Gasteiger partial charge is 0.453 e. The molecule has 0 radical (unpaired) electrons. The maximum atomic E-state index is 11.1. The Morgan fingerprint density at radius 1 is 1.57 bits per heavy atom. The smallest absolute Gasteiger partial charge is 0.409 e. The molecule has 0 saturated carbocycles. The molecule has 6 heteroatoms. The van der Waals surface area contributed by atoms with Gasteiger partial charge in [-0.2, -0.15) is 0 Å². The highest BCUT2D eigenvalue weighted by Gasteiger charge is 2.27. The van der Waals surface area contributed by atoms with Crippen molar-refractivity contribution in [3.8, 4) is 0 Å². The lowest BCUT2D eigenvalue weighted by Crippen LogP contribution is -2.31. The summed E-state index contributed by atoms with van der Waals surface area (Å²) in [6.07, 6.45) is 0.235. The molecule has 0 aromatic rings. The highest BCUT2D eigenvalue weighted by molar-refractivity contribution is 5.75. The quantitative estimate of drug-likeness (QED) is 0.658. The van der Waals surface area contributed by atoms with Gasteiger partial charge in [0.25, 0.3) is 0 Å². The first-order chi connectivity index (χ1) is 6.63. The second-order valence-corrected chi connectivity index (χ2v) is 3.10. The Morgan fingerprint density at radius 2 is 2.29 bits per heavy atom. The minimum atomic E-state index is -0.499. The maximum Gasteiger partial charge on any atom is 0.409 e. The number of nitrogens with two attached hydrogens (primary N) is 1. The van der Waals surface area contributed by atoms with E-state index in [1.165, 1.54) is 12.0 Å². The minimum absolute atomic E-state index is 0.0975. The summed E-state index contributed by atoms with van der Waals surface area (Å²) in [6, 6.07) is 0. The number of likely N-dealkylation sites (tertiary alicyclic amines) is 1. The summed E-state index contributed by atoms with van der Waals surface area (Å²) >= 11 is 0. The van der Waals surface area contributed by atoms with Crippen LogP contribution in [0.5, 0.6) is 0 Å². The van der Waals surface area contributed by atoms with Crippen molar-refractivity contribution in [1.29, 1.82) is 0 Å². The number of methoxy groups -OCH3 is 1. The fourth-order valence-corrected chi connectivity index (χ4v) is 1.36. The van der Waals surface area contributed by atoms with Crippen LogP contribution in [0.15, 0.2) is 0 Å². The van der Waals surface area contributed by atoms with Crippen LogP contribution in [0.2, 0.25) is 0 Å². The van der Waals surface area contributed by atoms with Crippen LogP contribution in [0.1, 0.15) is 6.42 Å². The molecule has 6 nitrogen and oxygen atoms in total. The molecule has 1 saturated heterocycles. The number of hydrogen-bond donors (Lipinski definition) is 1. The van der Waals surface area contributed by atoms with Crippen molar-refractivity contribution in [3.63, 3.8) is 0 Å². The summed E-state index contributed by atoms with van der Waals surface area (Å²) in [4.78, 5) is 23.0. The predicted molar refractivity (Wildman–Crippen MR) is 47.5 cm³/mol. The molecule has 0 bridgehead atoms. The van der Waals surface area contributed by atoms with Crippen molar-refractivity contribution in [1.82, 2.24) is 4.90 Å². The number of amides is 2. The lowest BCUT2D eigenvalue weighted by Gasteiger charge is -2.14. The lowest BCUT2D eigenvalue weighted by atomic mass is 10.3. The monoisotopic (exact) mass is 202 g/mol. The maximum absolute atomic E-state index is 11.1. The Hall–Kier alpha value is -1.30. The number of ether oxygens (including phenoxy) is 2. The van der Waals surface area contributed by atoms with Gasteiger partial charge in [0.1, 0.15) is 6.61 Å². The van der Waals surface area contributed by atoms with Crippen LogP contribution in [0, 0.1) is 0 Å². The van der Waals surface area contributed by atoms with E-state index in [4.69, 9.17) is 10.5 Å². The van der Waals surface area contributed by atoms with Crippen molar-refractivity contribution in [2.75, 3.05) is 26.8 Å². The summed E-state index contributed by atoms with van der Waals surface area (Å²) in [5, 5.41) is 0. The van der Waals surface area contributed by atoms with Gasteiger partial charge >= 0.3 is 6.09 Å². The van der Waals surface area contributed by atoms with Crippen LogP contribution in [0.25, 0.3) is 0 Å². The average molecular weight is 202 g/mol. The fourth-order valence-electron chi connectivity index (χ4n) is 1.36. The van der Waals surface area contributed by atoms with E-state index >= 15 is 0 Å². The van der Waals surface area contributed by atoms with Crippen LogP contribution in [-0.2, 0) is 14.3 Å². The Labute approximate surface area is 81.9 Å². The van der Waals surface area contributed by atoms with Gasteiger partial charge in [0.2, 0.25) is 5.91 Å². The number of carbonyl (C=O) groups is 2. The van der Waals surface area contributed by atoms with Crippen molar-refractivity contribution < 1.29 is 19.1 Å². The third-order valence-corrected chi connectivity index (χ3v) is 2.04. The summed E-state index contributed by atoms with van der Waals surface area (Å²) in [5.74, 6) is -0.499. The molecular weight excluding hydrogens is 188 g/mol. The standard InChI is InChI=1S/C8H14N2O4/c1-13-8(12)10-3-2-6(4-10)14-5-7(9)11/h6H,2-5H2,1H3,(H2,9,11). The van der Waals surface area contributed by atoms with Crippen LogP contribution < -0.4 is 5.73 Å². The molecule has 1 heterocycles. The Morgan fingerprint density at radius 3 is 2.86 bits per heavy atom. The number of primary amides is 1. The molecule has 1 fully saturated rings. The van der Waals surface area contributed by atoms with Gasteiger partial charge in [-0.15, -0.1) is 0 Å². The third-order valence-electron chi connectivity index (χ3n) is 2.04. The van der Waals surface area contributed by atoms with Gasteiger partial charge in [-0.3, -0.25) is 4.79 Å². The molecule has 1 atom stereocenters. The number of rotatable bonds is 3. The van der Waals surface area contributed by atoms with E-state index < -0.39 is 5.91 Å². The Bertz CT molecular complexity index is 231. The first-order valence-electron chi connectivity index (χ1n) is 4.36. The summed E-state index contributed by atoms with van der Waals surface area (Å²) in [7, 11) is 1.33. The number of hydrogen-bond acceptors (Lipinski definition) is 4. The topological polar surface area (TPSA) is 81.9 Å². The van der Waals surface area contributed by atoms with Crippen LogP contribution in [0.4, 0.5) is 4.79 Å². The van der Waals surface area contributed by atoms with Crippen LogP contribution >= 0.6 is 0 Å². The molecular formula is C8H14N2O4. The zero-order valence-corrected chi connectivity index (χ0v) is 8.06. The highest BCUT2D eigenvalue weighted by atomic mass is 16.5. The molecule has 1 unspecified atom stereocenters. The first-order valence-corrected chi connectivity index (χ1v) is 4.36. The van der Waals surface area contributed by atoms with Crippen molar-refractivity contribution in [2.24, 2.45) is 5.73 Å². The zero-order valence-electron chi connectivity index (χ0n) is 8.06. The normalized spacial score (nSPS) is 20.9. The van der Waals surface area contributed by atoms with Gasteiger partial charge < -0.3 is 20.1 Å². The van der Waals surface area contributed by atoms with Gasteiger partial charge in [-0.05, 0) is 6.42 Å². The number of nitrogens with zero attached hydrogens (tertiary/aromatic N) is 1. The Kier molecular flexibility index (Phi) is 3.70. The molecule has 2 N–H and O–H groups in total. The van der Waals surface area contributed by atoms with Crippen molar-refractivity contribution in [3.05, 3.63) is 0 Å². The molecule has 0 aliphatic carbocycles. The van der Waals surface area contributed by atoms with E-state index in [1.807, 2.05) is 0 Å². The molecule has 2 amide bonds. The SMILES string of the molecule is COC(=O)N1CCC(OCC(N)=O)C1. The number of carbonyl (C=O) groups excluding carboxylic acids is 2. The molecule has 0 aromatic heterocycles. The van der Waals surface area contributed by atoms with E-state index in [1.54, 1.807) is 0 Å². The second-order valence-electron chi connectivity index (χ2n) is 3.10. The lowest BCUT2D eigenvalue weighted by molar-refractivity contribution is -0.124. The molecule has 1 aliphatic heterocycles. The zero-order chi connectivity index (χ0) is 10.6. The summed E-state index contributed by atoms with van der Waals surface area (Å²) < 4.78 is 9.71. The first kappa shape index (κ1) is 10.8. The van der Waals surface area contributed by atoms with Gasteiger partial charge in [-0.25, -0.2) is 4.79 Å². The van der Waals surface area contributed by atoms with E-state index in [0.29, 0.717) is 19.5 Å². The molecule has 0 aromatic carbocycles. The van der Waals surface area contributed by atoms with Crippen LogP contribution in [-0.4, -0.2) is 49.8 Å². The molecule has 0 spiro atoms. The summed E-state index contributed by atoms with van der Waals surface area (Å²) in [5.41, 5.74) is 4.92. The molecule has 80 valence electrons. The van der Waals surface area contributed by atoms with Crippen molar-refractivity contribution >= 4 is 12.0 Å².